The molecule has 41 heavy (non-hydrogen) atoms. The Bertz CT molecular complexity index is 1530. The second kappa shape index (κ2) is 13.8. The molecule has 4 rings (SSSR count). The van der Waals surface area contributed by atoms with Gasteiger partial charge in [-0.2, -0.15) is 5.10 Å². The second-order valence-corrected chi connectivity index (χ2v) is 9.59. The largest absolute Gasteiger partial charge is 0.508 e. The number of aromatic hydroxyl groups is 1. The minimum atomic E-state index is -0.566. The molecule has 11 nitrogen and oxygen atoms in total. The van der Waals surface area contributed by atoms with Crippen molar-refractivity contribution in [3.05, 3.63) is 76.5 Å². The smallest absolute Gasteiger partial charge is 0.324 e. The fourth-order valence-electron chi connectivity index (χ4n) is 3.75. The lowest BCUT2D eigenvalue weighted by Crippen LogP contribution is -2.21. The molecule has 0 aliphatic carbocycles. The number of hydrogen-bond acceptors (Lipinski definition) is 7. The quantitative estimate of drug-likeness (QED) is 0.152. The van der Waals surface area contributed by atoms with Gasteiger partial charge >= 0.3 is 6.03 Å². The molecule has 0 fully saturated rings. The maximum absolute atomic E-state index is 13.0. The van der Waals surface area contributed by atoms with Crippen molar-refractivity contribution in [1.82, 2.24) is 14.8 Å². The summed E-state index contributed by atoms with van der Waals surface area (Å²) in [6.45, 7) is 1.97. The third-order valence-electron chi connectivity index (χ3n) is 5.68. The summed E-state index contributed by atoms with van der Waals surface area (Å²) in [7, 11) is 1.41. The average molecular weight is 599 g/mol. The zero-order valence-corrected chi connectivity index (χ0v) is 23.8. The zero-order chi connectivity index (χ0) is 29.4. The number of anilines is 3. The molecule has 0 saturated heterocycles. The van der Waals surface area contributed by atoms with Crippen molar-refractivity contribution in [2.75, 3.05) is 29.7 Å². The van der Waals surface area contributed by atoms with Crippen LogP contribution in [0.4, 0.5) is 22.1 Å². The zero-order valence-electron chi connectivity index (χ0n) is 22.3. The van der Waals surface area contributed by atoms with E-state index in [9.17, 15) is 14.7 Å². The van der Waals surface area contributed by atoms with Crippen LogP contribution in [0.15, 0.2) is 60.8 Å². The van der Waals surface area contributed by atoms with Crippen LogP contribution in [0.3, 0.4) is 0 Å². The Kier molecular flexibility index (Phi) is 10.0. The molecule has 0 atom stereocenters. The van der Waals surface area contributed by atoms with Gasteiger partial charge in [-0.1, -0.05) is 36.5 Å². The van der Waals surface area contributed by atoms with E-state index in [-0.39, 0.29) is 45.6 Å². The van der Waals surface area contributed by atoms with Crippen LogP contribution in [0.25, 0.3) is 5.69 Å². The van der Waals surface area contributed by atoms with E-state index in [2.05, 4.69) is 33.0 Å². The molecule has 0 bridgehead atoms. The summed E-state index contributed by atoms with van der Waals surface area (Å²) in [6.07, 6.45) is 4.16. The maximum Gasteiger partial charge on any atom is 0.324 e. The molecule has 0 aliphatic heterocycles. The molecule has 2 aromatic heterocycles. The monoisotopic (exact) mass is 598 g/mol. The highest BCUT2D eigenvalue weighted by Gasteiger charge is 2.17. The molecule has 0 spiro atoms. The summed E-state index contributed by atoms with van der Waals surface area (Å²) in [5, 5.41) is 22.5. The number of rotatable bonds is 11. The Morgan fingerprint density at radius 3 is 2.51 bits per heavy atom. The summed E-state index contributed by atoms with van der Waals surface area (Å²) in [5.74, 6) is 1.05. The summed E-state index contributed by atoms with van der Waals surface area (Å²) in [6, 6.07) is 13.9. The summed E-state index contributed by atoms with van der Waals surface area (Å²) >= 11 is 12.9. The molecule has 0 saturated carbocycles. The molecule has 3 amide bonds. The number of aryl methyl sites for hydroxylation is 1. The average Bonchev–Trinajstić information content (AvgIpc) is 3.34. The number of hydrogen-bond donors (Lipinski definition) is 4. The van der Waals surface area contributed by atoms with Crippen LogP contribution in [0, 0.1) is 0 Å². The van der Waals surface area contributed by atoms with Crippen molar-refractivity contribution in [1.29, 1.82) is 0 Å². The van der Waals surface area contributed by atoms with E-state index < -0.39 is 6.03 Å². The van der Waals surface area contributed by atoms with E-state index in [0.717, 1.165) is 25.0 Å². The number of urea groups is 1. The standard InChI is InChI=1S/C28H28Cl2N6O5/c1-3-4-5-17-14-24(36(35-17)18-6-8-19(37)9-7-18)34-28(39)32-21-10-11-22(27(30)26(21)29)41-20-12-13-31-23(15-20)33-25(38)16-40-2/h6-15,37H,3-5,16H2,1-2H3,(H,31,33,38)(H2,32,34,39). The number of nitrogens with one attached hydrogen (secondary N) is 3. The molecule has 4 aromatic rings. The van der Waals surface area contributed by atoms with Crippen molar-refractivity contribution in [2.24, 2.45) is 0 Å². The minimum Gasteiger partial charge on any atom is -0.508 e. The topological polar surface area (TPSA) is 140 Å². The van der Waals surface area contributed by atoms with Crippen LogP contribution in [-0.4, -0.2) is 45.5 Å². The number of benzene rings is 2. The number of ether oxygens (including phenoxy) is 2. The Labute approximate surface area is 246 Å². The van der Waals surface area contributed by atoms with Crippen molar-refractivity contribution in [3.63, 3.8) is 0 Å². The summed E-state index contributed by atoms with van der Waals surface area (Å²) in [5.41, 5.74) is 1.74. The normalized spacial score (nSPS) is 10.7. The van der Waals surface area contributed by atoms with Crippen LogP contribution >= 0.6 is 23.2 Å². The molecular weight excluding hydrogens is 571 g/mol. The van der Waals surface area contributed by atoms with Crippen LogP contribution in [0.2, 0.25) is 10.0 Å². The number of halogens is 2. The highest BCUT2D eigenvalue weighted by Crippen LogP contribution is 2.39. The van der Waals surface area contributed by atoms with Gasteiger partial charge in [0.15, 0.2) is 0 Å². The van der Waals surface area contributed by atoms with Gasteiger partial charge in [-0.3, -0.25) is 10.1 Å². The molecule has 2 aromatic carbocycles. The Hall–Kier alpha value is -4.32. The summed E-state index contributed by atoms with van der Waals surface area (Å²) < 4.78 is 12.2. The van der Waals surface area contributed by atoms with Crippen LogP contribution in [0.5, 0.6) is 17.2 Å². The number of pyridine rings is 1. The highest BCUT2D eigenvalue weighted by molar-refractivity contribution is 6.45. The van der Waals surface area contributed by atoms with Crippen molar-refractivity contribution >= 4 is 52.5 Å². The van der Waals surface area contributed by atoms with Crippen LogP contribution in [0.1, 0.15) is 25.5 Å². The van der Waals surface area contributed by atoms with Crippen molar-refractivity contribution < 1.29 is 24.2 Å². The first-order chi connectivity index (χ1) is 19.8. The molecule has 214 valence electrons. The fourth-order valence-corrected chi connectivity index (χ4v) is 4.15. The predicted molar refractivity (Wildman–Crippen MR) is 158 cm³/mol. The van der Waals surface area contributed by atoms with Crippen molar-refractivity contribution in [3.8, 4) is 22.9 Å². The summed E-state index contributed by atoms with van der Waals surface area (Å²) in [4.78, 5) is 28.8. The van der Waals surface area contributed by atoms with Crippen LogP contribution in [-0.2, 0) is 16.0 Å². The third-order valence-corrected chi connectivity index (χ3v) is 6.54. The Balaban J connectivity index is 1.48. The minimum absolute atomic E-state index is 0.0673. The van der Waals surface area contributed by atoms with E-state index in [1.54, 1.807) is 53.2 Å². The molecule has 0 unspecified atom stereocenters. The van der Waals surface area contributed by atoms with Gasteiger partial charge in [0, 0.05) is 25.4 Å². The van der Waals surface area contributed by atoms with E-state index in [1.165, 1.54) is 19.4 Å². The van der Waals surface area contributed by atoms with Gasteiger partial charge in [0.25, 0.3) is 5.91 Å². The van der Waals surface area contributed by atoms with Gasteiger partial charge in [-0.05, 0) is 55.3 Å². The van der Waals surface area contributed by atoms with E-state index in [4.69, 9.17) is 32.7 Å². The third kappa shape index (κ3) is 7.88. The number of nitrogens with zero attached hydrogens (tertiary/aromatic N) is 3. The fraction of sp³-hybridized carbons (Fsp3) is 0.214. The van der Waals surface area contributed by atoms with Gasteiger partial charge in [-0.25, -0.2) is 14.5 Å². The number of amides is 3. The lowest BCUT2D eigenvalue weighted by molar-refractivity contribution is -0.119. The number of phenols is 1. The predicted octanol–water partition coefficient (Wildman–Crippen LogP) is 6.64. The van der Waals surface area contributed by atoms with E-state index >= 15 is 0 Å². The molecule has 13 heteroatoms. The lowest BCUT2D eigenvalue weighted by atomic mass is 10.2. The number of aromatic nitrogens is 3. The van der Waals surface area contributed by atoms with Crippen LogP contribution < -0.4 is 20.7 Å². The first-order valence-electron chi connectivity index (χ1n) is 12.6. The number of carbonyl (C=O) groups is 2. The first-order valence-corrected chi connectivity index (χ1v) is 13.4. The Morgan fingerprint density at radius 1 is 1.00 bits per heavy atom. The molecule has 0 aliphatic rings. The number of carbonyl (C=O) groups excluding carboxylic acids is 2. The molecule has 2 heterocycles. The molecule has 0 radical (unpaired) electrons. The highest BCUT2D eigenvalue weighted by atomic mass is 35.5. The van der Waals surface area contributed by atoms with Gasteiger partial charge in [-0.15, -0.1) is 0 Å². The SMILES string of the molecule is CCCCc1cc(NC(=O)Nc2ccc(Oc3ccnc(NC(=O)COC)c3)c(Cl)c2Cl)n(-c2ccc(O)cc2)n1. The number of methoxy groups -OCH3 is 1. The van der Waals surface area contributed by atoms with E-state index in [0.29, 0.717) is 17.3 Å². The van der Waals surface area contributed by atoms with Gasteiger partial charge in [0.2, 0.25) is 0 Å². The van der Waals surface area contributed by atoms with Gasteiger partial charge < -0.3 is 25.2 Å². The first kappa shape index (κ1) is 29.7. The Morgan fingerprint density at radius 2 is 1.78 bits per heavy atom. The molecule has 4 N–H and O–H groups in total. The van der Waals surface area contributed by atoms with Gasteiger partial charge in [0.05, 0.1) is 22.1 Å². The number of unbranched alkanes of at least 4 members (excludes halogenated alkanes) is 1. The second-order valence-electron chi connectivity index (χ2n) is 8.83. The number of phenolic OH excluding ortho intramolecular Hbond substituents is 1. The van der Waals surface area contributed by atoms with E-state index in [1.807, 2.05) is 0 Å². The maximum atomic E-state index is 13.0. The van der Waals surface area contributed by atoms with Gasteiger partial charge in [0.1, 0.15) is 40.5 Å². The lowest BCUT2D eigenvalue weighted by Gasteiger charge is -2.14. The molecular formula is C28H28Cl2N6O5. The van der Waals surface area contributed by atoms with Crippen molar-refractivity contribution in [2.45, 2.75) is 26.2 Å².